The number of aryl methyl sites for hydroxylation is 1. The lowest BCUT2D eigenvalue weighted by atomic mass is 10.1. The molecule has 1 fully saturated rings. The average molecular weight is 425 g/mol. The summed E-state index contributed by atoms with van der Waals surface area (Å²) in [4.78, 5) is 18.5. The zero-order valence-corrected chi connectivity index (χ0v) is 18.3. The molecule has 6 nitrogen and oxygen atoms in total. The Hall–Kier alpha value is -2.40. The van der Waals surface area contributed by atoms with Crippen LogP contribution in [0.5, 0.6) is 5.75 Å². The number of hydrogen-bond donors (Lipinski definition) is 1. The van der Waals surface area contributed by atoms with Crippen molar-refractivity contribution in [3.63, 3.8) is 0 Å². The maximum Gasteiger partial charge on any atom is 0.226 e. The van der Waals surface area contributed by atoms with Gasteiger partial charge in [-0.15, -0.1) is 11.3 Å². The normalized spacial score (nSPS) is 16.8. The summed E-state index contributed by atoms with van der Waals surface area (Å²) in [5, 5.41) is 13.2. The number of amides is 1. The monoisotopic (exact) mass is 424 g/mol. The first-order valence-corrected chi connectivity index (χ1v) is 11.4. The molecule has 30 heavy (non-hydrogen) atoms. The van der Waals surface area contributed by atoms with Crippen LogP contribution >= 0.6 is 11.3 Å². The molecular formula is C23H28N4O2S. The summed E-state index contributed by atoms with van der Waals surface area (Å²) in [7, 11) is 1.68. The van der Waals surface area contributed by atoms with Gasteiger partial charge in [-0.25, -0.2) is 0 Å². The molecule has 1 saturated heterocycles. The van der Waals surface area contributed by atoms with Crippen molar-refractivity contribution in [2.24, 2.45) is 0 Å². The first-order chi connectivity index (χ1) is 14.7. The van der Waals surface area contributed by atoms with Crippen molar-refractivity contribution in [3.05, 3.63) is 45.8 Å². The first-order valence-electron chi connectivity index (χ1n) is 10.6. The number of anilines is 1. The number of fused-ring (bicyclic) bond motifs is 1. The van der Waals surface area contributed by atoms with E-state index in [1.807, 2.05) is 12.1 Å². The molecule has 1 amide bonds. The molecule has 2 heterocycles. The zero-order chi connectivity index (χ0) is 20.9. The van der Waals surface area contributed by atoms with E-state index in [2.05, 4.69) is 33.3 Å². The van der Waals surface area contributed by atoms with E-state index in [0.717, 1.165) is 74.8 Å². The van der Waals surface area contributed by atoms with Crippen molar-refractivity contribution in [1.29, 1.82) is 5.26 Å². The summed E-state index contributed by atoms with van der Waals surface area (Å²) in [5.74, 6) is 0.892. The summed E-state index contributed by atoms with van der Waals surface area (Å²) in [6.07, 6.45) is 3.58. The van der Waals surface area contributed by atoms with E-state index in [0.29, 0.717) is 12.0 Å². The minimum atomic E-state index is 0.00656. The van der Waals surface area contributed by atoms with Gasteiger partial charge in [-0.2, -0.15) is 5.26 Å². The lowest BCUT2D eigenvalue weighted by Gasteiger charge is -2.34. The van der Waals surface area contributed by atoms with Gasteiger partial charge in [0, 0.05) is 50.6 Å². The molecule has 1 aliphatic carbocycles. The lowest BCUT2D eigenvalue weighted by Crippen LogP contribution is -2.46. The van der Waals surface area contributed by atoms with E-state index in [9.17, 15) is 10.1 Å². The highest BCUT2D eigenvalue weighted by Gasteiger charge is 2.23. The van der Waals surface area contributed by atoms with Crippen molar-refractivity contribution in [2.75, 3.05) is 45.2 Å². The van der Waals surface area contributed by atoms with Gasteiger partial charge in [0.15, 0.2) is 0 Å². The van der Waals surface area contributed by atoms with E-state index < -0.39 is 0 Å². The minimum Gasteiger partial charge on any atom is -0.497 e. The minimum absolute atomic E-state index is 0.00656. The average Bonchev–Trinajstić information content (AvgIpc) is 3.34. The zero-order valence-electron chi connectivity index (χ0n) is 17.4. The third kappa shape index (κ3) is 4.84. The molecule has 2 aliphatic rings. The molecule has 1 aromatic heterocycles. The standard InChI is InChI=1S/C23H28N4O2S/c1-29-18-7-5-17(6-8-18)16-27-13-11-26(12-14-27)10-9-22(28)25-23-20(15-24)19-3-2-4-21(19)30-23/h5-8H,2-4,9-14,16H2,1H3,(H,25,28). The molecule has 158 valence electrons. The highest BCUT2D eigenvalue weighted by Crippen LogP contribution is 2.38. The Kier molecular flexibility index (Phi) is 6.68. The van der Waals surface area contributed by atoms with Crippen LogP contribution in [0.25, 0.3) is 0 Å². The number of rotatable bonds is 7. The van der Waals surface area contributed by atoms with Gasteiger partial charge < -0.3 is 15.0 Å². The van der Waals surface area contributed by atoms with Crippen LogP contribution in [0.15, 0.2) is 24.3 Å². The van der Waals surface area contributed by atoms with Crippen LogP contribution < -0.4 is 10.1 Å². The Bertz CT molecular complexity index is 924. The second kappa shape index (κ2) is 9.61. The van der Waals surface area contributed by atoms with Gasteiger partial charge in [-0.05, 0) is 42.5 Å². The van der Waals surface area contributed by atoms with Gasteiger partial charge in [-0.3, -0.25) is 9.69 Å². The number of nitrogens with one attached hydrogen (secondary N) is 1. The highest BCUT2D eigenvalue weighted by atomic mass is 32.1. The van der Waals surface area contributed by atoms with Crippen LogP contribution in [0.2, 0.25) is 0 Å². The third-order valence-electron chi connectivity index (χ3n) is 5.97. The number of carbonyl (C=O) groups excluding carboxylic acids is 1. The Morgan fingerprint density at radius 2 is 1.90 bits per heavy atom. The number of piperazine rings is 1. The Morgan fingerprint density at radius 3 is 2.60 bits per heavy atom. The second-order valence-electron chi connectivity index (χ2n) is 7.94. The van der Waals surface area contributed by atoms with Crippen molar-refractivity contribution in [2.45, 2.75) is 32.2 Å². The SMILES string of the molecule is COc1ccc(CN2CCN(CCC(=O)Nc3sc4c(c3C#N)CCC4)CC2)cc1. The van der Waals surface area contributed by atoms with Gasteiger partial charge in [0.2, 0.25) is 5.91 Å². The number of hydrogen-bond acceptors (Lipinski definition) is 6. The fraction of sp³-hybridized carbons (Fsp3) is 0.478. The van der Waals surface area contributed by atoms with Crippen LogP contribution in [-0.4, -0.2) is 55.5 Å². The fourth-order valence-electron chi connectivity index (χ4n) is 4.22. The maximum absolute atomic E-state index is 12.4. The fourth-order valence-corrected chi connectivity index (χ4v) is 5.48. The number of ether oxygens (including phenoxy) is 1. The molecule has 1 N–H and O–H groups in total. The molecule has 0 atom stereocenters. The number of nitrogens with zero attached hydrogens (tertiary/aromatic N) is 3. The Labute approximate surface area is 182 Å². The summed E-state index contributed by atoms with van der Waals surface area (Å²) >= 11 is 1.58. The van der Waals surface area contributed by atoms with Gasteiger partial charge in [0.25, 0.3) is 0 Å². The second-order valence-corrected chi connectivity index (χ2v) is 9.04. The van der Waals surface area contributed by atoms with E-state index >= 15 is 0 Å². The van der Waals surface area contributed by atoms with Crippen LogP contribution in [0.3, 0.4) is 0 Å². The molecule has 0 saturated carbocycles. The molecule has 7 heteroatoms. The molecule has 1 aromatic carbocycles. The van der Waals surface area contributed by atoms with E-state index in [4.69, 9.17) is 4.74 Å². The van der Waals surface area contributed by atoms with E-state index in [1.54, 1.807) is 18.4 Å². The van der Waals surface area contributed by atoms with Crippen molar-refractivity contribution in [3.8, 4) is 11.8 Å². The topological polar surface area (TPSA) is 68.6 Å². The summed E-state index contributed by atoms with van der Waals surface area (Å²) < 4.78 is 5.22. The third-order valence-corrected chi connectivity index (χ3v) is 7.18. The quantitative estimate of drug-likeness (QED) is 0.739. The number of thiophene rings is 1. The summed E-state index contributed by atoms with van der Waals surface area (Å²) in [5.41, 5.74) is 3.14. The molecule has 1 aliphatic heterocycles. The first kappa shape index (κ1) is 20.9. The van der Waals surface area contributed by atoms with Crippen LogP contribution in [0, 0.1) is 11.3 Å². The summed E-state index contributed by atoms with van der Waals surface area (Å²) in [6, 6.07) is 10.5. The van der Waals surface area contributed by atoms with Crippen LogP contribution in [-0.2, 0) is 24.2 Å². The molecule has 0 unspecified atom stereocenters. The van der Waals surface area contributed by atoms with Crippen molar-refractivity contribution < 1.29 is 9.53 Å². The molecular weight excluding hydrogens is 396 g/mol. The van der Waals surface area contributed by atoms with Crippen molar-refractivity contribution >= 4 is 22.2 Å². The van der Waals surface area contributed by atoms with Gasteiger partial charge in [-0.1, -0.05) is 12.1 Å². The Balaban J connectivity index is 1.20. The largest absolute Gasteiger partial charge is 0.497 e. The molecule has 2 aromatic rings. The van der Waals surface area contributed by atoms with Crippen LogP contribution in [0.1, 0.15) is 34.4 Å². The molecule has 0 radical (unpaired) electrons. The molecule has 0 spiro atoms. The van der Waals surface area contributed by atoms with Crippen LogP contribution in [0.4, 0.5) is 5.00 Å². The Morgan fingerprint density at radius 1 is 1.17 bits per heavy atom. The highest BCUT2D eigenvalue weighted by molar-refractivity contribution is 7.16. The summed E-state index contributed by atoms with van der Waals surface area (Å²) in [6.45, 7) is 5.65. The van der Waals surface area contributed by atoms with E-state index in [-0.39, 0.29) is 5.91 Å². The number of methoxy groups -OCH3 is 1. The molecule has 0 bridgehead atoms. The number of carbonyl (C=O) groups is 1. The lowest BCUT2D eigenvalue weighted by molar-refractivity contribution is -0.116. The number of benzene rings is 1. The van der Waals surface area contributed by atoms with Gasteiger partial charge >= 0.3 is 0 Å². The van der Waals surface area contributed by atoms with Gasteiger partial charge in [0.1, 0.15) is 16.8 Å². The number of nitriles is 1. The van der Waals surface area contributed by atoms with Gasteiger partial charge in [0.05, 0.1) is 12.7 Å². The predicted molar refractivity (Wildman–Crippen MR) is 119 cm³/mol. The molecule has 4 rings (SSSR count). The maximum atomic E-state index is 12.4. The van der Waals surface area contributed by atoms with E-state index in [1.165, 1.54) is 10.4 Å². The van der Waals surface area contributed by atoms with Crippen molar-refractivity contribution in [1.82, 2.24) is 9.80 Å². The smallest absolute Gasteiger partial charge is 0.226 e. The predicted octanol–water partition coefficient (Wildman–Crippen LogP) is 3.26.